The van der Waals surface area contributed by atoms with E-state index >= 15 is 0 Å². The summed E-state index contributed by atoms with van der Waals surface area (Å²) in [7, 11) is 0. The Morgan fingerprint density at radius 3 is 2.00 bits per heavy atom. The number of halogens is 3. The Morgan fingerprint density at radius 1 is 1.62 bits per heavy atom. The number of rotatable bonds is 2. The average Bonchev–Trinajstić information content (AvgIpc) is 1.62. The minimum Gasteiger partial charge on any atom is -0.241 e. The molecule has 0 aromatic carbocycles. The molecule has 0 aliphatic rings. The van der Waals surface area contributed by atoms with Gasteiger partial charge in [0.15, 0.2) is 6.17 Å². The zero-order valence-electron chi connectivity index (χ0n) is 4.63. The minimum atomic E-state index is -3.22. The van der Waals surface area contributed by atoms with Crippen molar-refractivity contribution in [3.63, 3.8) is 0 Å². The highest BCUT2D eigenvalue weighted by molar-refractivity contribution is 4.71. The van der Waals surface area contributed by atoms with Crippen molar-refractivity contribution >= 4 is 0 Å². The van der Waals surface area contributed by atoms with Crippen LogP contribution in [0.2, 0.25) is 0 Å². The Morgan fingerprint density at radius 2 is 2.00 bits per heavy atom. The van der Waals surface area contributed by atoms with Gasteiger partial charge in [-0.2, -0.15) is 0 Å². The van der Waals surface area contributed by atoms with Crippen LogP contribution in [0.3, 0.4) is 0 Å². The van der Waals surface area contributed by atoms with E-state index in [1.807, 2.05) is 0 Å². The molecule has 0 aliphatic heterocycles. The molecule has 0 nitrogen and oxygen atoms in total. The molecule has 0 saturated carbocycles. The van der Waals surface area contributed by atoms with Gasteiger partial charge in [-0.3, -0.25) is 0 Å². The van der Waals surface area contributed by atoms with Gasteiger partial charge in [0.2, 0.25) is 0 Å². The van der Waals surface area contributed by atoms with Gasteiger partial charge in [0.25, 0.3) is 5.92 Å². The third-order valence-electron chi connectivity index (χ3n) is 0.803. The van der Waals surface area contributed by atoms with Crippen LogP contribution in [-0.2, 0) is 0 Å². The van der Waals surface area contributed by atoms with E-state index in [0.29, 0.717) is 6.92 Å². The zero-order chi connectivity index (χ0) is 6.78. The fourth-order valence-corrected chi connectivity index (χ4v) is 0.253. The molecule has 1 radical (unpaired) electrons. The standard InChI is InChI=1S/C5H8F3/c1-3-4(6)5(2,7)8/h4H,1,3H2,2H3/t4-/m0/s1. The Kier molecular flexibility index (Phi) is 2.31. The summed E-state index contributed by atoms with van der Waals surface area (Å²) in [5, 5.41) is 0. The molecule has 0 aromatic heterocycles. The first-order valence-corrected chi connectivity index (χ1v) is 2.29. The second-order valence-corrected chi connectivity index (χ2v) is 1.71. The summed E-state index contributed by atoms with van der Waals surface area (Å²) in [5.41, 5.74) is 0. The molecule has 49 valence electrons. The molecule has 0 rings (SSSR count). The van der Waals surface area contributed by atoms with Crippen molar-refractivity contribution in [2.24, 2.45) is 0 Å². The van der Waals surface area contributed by atoms with Crippen molar-refractivity contribution < 1.29 is 13.2 Å². The maximum atomic E-state index is 11.8. The summed E-state index contributed by atoms with van der Waals surface area (Å²) in [4.78, 5) is 0. The van der Waals surface area contributed by atoms with E-state index in [9.17, 15) is 13.2 Å². The first-order valence-electron chi connectivity index (χ1n) is 2.29. The van der Waals surface area contributed by atoms with Crippen LogP contribution in [0.5, 0.6) is 0 Å². The van der Waals surface area contributed by atoms with Gasteiger partial charge in [-0.05, 0) is 6.42 Å². The molecule has 8 heavy (non-hydrogen) atoms. The number of hydrogen-bond acceptors (Lipinski definition) is 0. The molecule has 0 unspecified atom stereocenters. The van der Waals surface area contributed by atoms with Crippen molar-refractivity contribution in [1.29, 1.82) is 0 Å². The van der Waals surface area contributed by atoms with Gasteiger partial charge < -0.3 is 0 Å². The lowest BCUT2D eigenvalue weighted by Crippen LogP contribution is -2.24. The molecular formula is C5H8F3. The van der Waals surface area contributed by atoms with Crippen LogP contribution in [-0.4, -0.2) is 12.1 Å². The van der Waals surface area contributed by atoms with Gasteiger partial charge in [-0.1, -0.05) is 6.92 Å². The summed E-state index contributed by atoms with van der Waals surface area (Å²) in [6, 6.07) is 0. The lowest BCUT2D eigenvalue weighted by molar-refractivity contribution is -0.0535. The molecule has 0 aliphatic carbocycles. The molecule has 0 spiro atoms. The molecule has 0 bridgehead atoms. The topological polar surface area (TPSA) is 0 Å². The minimum absolute atomic E-state index is 0.372. The maximum absolute atomic E-state index is 11.8. The van der Waals surface area contributed by atoms with E-state index < -0.39 is 12.1 Å². The lowest BCUT2D eigenvalue weighted by atomic mass is 10.2. The third kappa shape index (κ3) is 2.19. The van der Waals surface area contributed by atoms with Crippen LogP contribution in [0.4, 0.5) is 13.2 Å². The van der Waals surface area contributed by atoms with Gasteiger partial charge in [0.05, 0.1) is 0 Å². The highest BCUT2D eigenvalue weighted by Crippen LogP contribution is 2.21. The second-order valence-electron chi connectivity index (χ2n) is 1.71. The second kappa shape index (κ2) is 2.37. The Bertz CT molecular complexity index is 64.6. The monoisotopic (exact) mass is 125 g/mol. The largest absolute Gasteiger partial charge is 0.275 e. The highest BCUT2D eigenvalue weighted by Gasteiger charge is 2.32. The van der Waals surface area contributed by atoms with Gasteiger partial charge in [0, 0.05) is 6.92 Å². The van der Waals surface area contributed by atoms with E-state index in [0.717, 1.165) is 0 Å². The molecule has 3 heteroatoms. The summed E-state index contributed by atoms with van der Waals surface area (Å²) >= 11 is 0. The predicted molar refractivity (Wildman–Crippen MR) is 25.5 cm³/mol. The Labute approximate surface area is 46.7 Å². The zero-order valence-corrected chi connectivity index (χ0v) is 4.63. The fraction of sp³-hybridized carbons (Fsp3) is 0.800. The molecular weight excluding hydrogens is 117 g/mol. The highest BCUT2D eigenvalue weighted by atomic mass is 19.3. The number of alkyl halides is 3. The summed E-state index contributed by atoms with van der Waals surface area (Å²) in [5.74, 6) is -3.22. The van der Waals surface area contributed by atoms with Crippen molar-refractivity contribution in [2.75, 3.05) is 0 Å². The molecule has 0 aromatic rings. The van der Waals surface area contributed by atoms with E-state index in [1.165, 1.54) is 0 Å². The Hall–Kier alpha value is -0.210. The maximum Gasteiger partial charge on any atom is 0.275 e. The smallest absolute Gasteiger partial charge is 0.241 e. The number of hydrogen-bond donors (Lipinski definition) is 0. The van der Waals surface area contributed by atoms with E-state index in [4.69, 9.17) is 0 Å². The molecule has 0 amide bonds. The normalized spacial score (nSPS) is 16.1. The van der Waals surface area contributed by atoms with Gasteiger partial charge in [-0.25, -0.2) is 13.2 Å². The summed E-state index contributed by atoms with van der Waals surface area (Å²) < 4.78 is 35.2. The van der Waals surface area contributed by atoms with Crippen LogP contribution in [0, 0.1) is 6.92 Å². The summed E-state index contributed by atoms with van der Waals surface area (Å²) in [6.45, 7) is 3.54. The van der Waals surface area contributed by atoms with Crippen molar-refractivity contribution in [1.82, 2.24) is 0 Å². The molecule has 0 saturated heterocycles. The quantitative estimate of drug-likeness (QED) is 0.530. The van der Waals surface area contributed by atoms with Crippen LogP contribution >= 0.6 is 0 Å². The van der Waals surface area contributed by atoms with E-state index in [1.54, 1.807) is 0 Å². The molecule has 0 heterocycles. The SMILES string of the molecule is [CH2]C[C@H](F)C(C)(F)F. The van der Waals surface area contributed by atoms with Crippen LogP contribution < -0.4 is 0 Å². The molecule has 1 atom stereocenters. The first kappa shape index (κ1) is 7.79. The van der Waals surface area contributed by atoms with Crippen molar-refractivity contribution in [2.45, 2.75) is 25.4 Å². The average molecular weight is 125 g/mol. The Balaban J connectivity index is 3.62. The van der Waals surface area contributed by atoms with Crippen LogP contribution in [0.1, 0.15) is 13.3 Å². The van der Waals surface area contributed by atoms with Gasteiger partial charge >= 0.3 is 0 Å². The van der Waals surface area contributed by atoms with Crippen LogP contribution in [0.15, 0.2) is 0 Å². The fourth-order valence-electron chi connectivity index (χ4n) is 0.253. The first-order chi connectivity index (χ1) is 3.48. The van der Waals surface area contributed by atoms with Crippen LogP contribution in [0.25, 0.3) is 0 Å². The molecule has 0 N–H and O–H groups in total. The predicted octanol–water partition coefficient (Wildman–Crippen LogP) is 2.20. The van der Waals surface area contributed by atoms with E-state index in [2.05, 4.69) is 6.92 Å². The van der Waals surface area contributed by atoms with Gasteiger partial charge in [-0.15, -0.1) is 0 Å². The lowest BCUT2D eigenvalue weighted by Gasteiger charge is -2.12. The summed E-state index contributed by atoms with van der Waals surface area (Å²) in [6.07, 6.45) is -2.47. The van der Waals surface area contributed by atoms with Crippen molar-refractivity contribution in [3.05, 3.63) is 6.92 Å². The third-order valence-corrected chi connectivity index (χ3v) is 0.803. The molecule has 0 fully saturated rings. The van der Waals surface area contributed by atoms with Crippen molar-refractivity contribution in [3.8, 4) is 0 Å². The van der Waals surface area contributed by atoms with E-state index in [-0.39, 0.29) is 6.42 Å². The van der Waals surface area contributed by atoms with Gasteiger partial charge in [0.1, 0.15) is 0 Å².